The van der Waals surface area contributed by atoms with E-state index in [-0.39, 0.29) is 0 Å². The molecule has 0 fully saturated rings. The van der Waals surface area contributed by atoms with Crippen LogP contribution in [0.25, 0.3) is 10.8 Å². The van der Waals surface area contributed by atoms with Crippen molar-refractivity contribution in [3.63, 3.8) is 0 Å². The second kappa shape index (κ2) is 7.00. The molecule has 3 aromatic rings. The van der Waals surface area contributed by atoms with E-state index < -0.39 is 11.7 Å². The second-order valence-electron chi connectivity index (χ2n) is 6.88. The first-order chi connectivity index (χ1) is 12.3. The second-order valence-corrected chi connectivity index (χ2v) is 6.88. The summed E-state index contributed by atoms with van der Waals surface area (Å²) in [4.78, 5) is 20.3. The number of rotatable bonds is 3. The fourth-order valence-corrected chi connectivity index (χ4v) is 2.48. The zero-order valence-corrected chi connectivity index (χ0v) is 15.2. The number of ether oxygens (including phenoxy) is 2. The van der Waals surface area contributed by atoms with Crippen LogP contribution < -0.4 is 10.1 Å². The summed E-state index contributed by atoms with van der Waals surface area (Å²) in [5.41, 5.74) is 0.914. The summed E-state index contributed by atoms with van der Waals surface area (Å²) >= 11 is 0. The average molecular weight is 351 g/mol. The molecule has 0 aliphatic heterocycles. The molecule has 1 N–H and O–H groups in total. The Kier molecular flexibility index (Phi) is 4.75. The van der Waals surface area contributed by atoms with Gasteiger partial charge in [-0.2, -0.15) is 0 Å². The normalized spacial score (nSPS) is 11.2. The first-order valence-electron chi connectivity index (χ1n) is 8.30. The third-order valence-electron chi connectivity index (χ3n) is 3.51. The van der Waals surface area contributed by atoms with Gasteiger partial charge in [-0.1, -0.05) is 24.3 Å². The van der Waals surface area contributed by atoms with E-state index in [1.54, 1.807) is 18.2 Å². The quantitative estimate of drug-likeness (QED) is 0.712. The molecule has 1 amide bonds. The van der Waals surface area contributed by atoms with Crippen LogP contribution in [-0.2, 0) is 4.74 Å². The van der Waals surface area contributed by atoms with E-state index in [0.29, 0.717) is 17.3 Å². The van der Waals surface area contributed by atoms with Gasteiger partial charge in [0.1, 0.15) is 17.7 Å². The van der Waals surface area contributed by atoms with Crippen LogP contribution in [0.15, 0.2) is 48.8 Å². The minimum absolute atomic E-state index is 0.468. The highest BCUT2D eigenvalue weighted by Crippen LogP contribution is 2.34. The molecule has 1 heterocycles. The van der Waals surface area contributed by atoms with Gasteiger partial charge in [-0.25, -0.2) is 14.8 Å². The number of aryl methyl sites for hydroxylation is 1. The Morgan fingerprint density at radius 3 is 2.46 bits per heavy atom. The minimum Gasteiger partial charge on any atom is -0.444 e. The number of benzene rings is 2. The molecule has 0 radical (unpaired) electrons. The smallest absolute Gasteiger partial charge is 0.412 e. The van der Waals surface area contributed by atoms with Gasteiger partial charge < -0.3 is 9.47 Å². The number of anilines is 1. The summed E-state index contributed by atoms with van der Waals surface area (Å²) in [5, 5.41) is 4.51. The van der Waals surface area contributed by atoms with Crippen molar-refractivity contribution in [3.8, 4) is 11.6 Å². The highest BCUT2D eigenvalue weighted by Gasteiger charge is 2.17. The van der Waals surface area contributed by atoms with Crippen LogP contribution in [0.2, 0.25) is 0 Å². The summed E-state index contributed by atoms with van der Waals surface area (Å²) in [6, 6.07) is 13.0. The first kappa shape index (κ1) is 17.7. The number of amides is 1. The highest BCUT2D eigenvalue weighted by molar-refractivity contribution is 6.02. The lowest BCUT2D eigenvalue weighted by atomic mass is 10.1. The van der Waals surface area contributed by atoms with Crippen molar-refractivity contribution in [1.29, 1.82) is 0 Å². The molecule has 0 atom stereocenters. The Hall–Kier alpha value is -3.15. The molecule has 0 spiro atoms. The molecule has 2 aromatic carbocycles. The van der Waals surface area contributed by atoms with E-state index in [1.807, 2.05) is 52.0 Å². The number of nitrogens with zero attached hydrogens (tertiary/aromatic N) is 2. The Labute approximate surface area is 152 Å². The van der Waals surface area contributed by atoms with Crippen LogP contribution in [0, 0.1) is 6.92 Å². The molecule has 0 saturated heterocycles. The number of hydrogen-bond acceptors (Lipinski definition) is 5. The number of carbonyl (C=O) groups excluding carboxylic acids is 1. The van der Waals surface area contributed by atoms with Gasteiger partial charge in [0.25, 0.3) is 0 Å². The summed E-state index contributed by atoms with van der Waals surface area (Å²) in [7, 11) is 0. The molecule has 6 nitrogen and oxygen atoms in total. The predicted molar refractivity (Wildman–Crippen MR) is 101 cm³/mol. The fraction of sp³-hybridized carbons (Fsp3) is 0.250. The molecule has 0 bridgehead atoms. The van der Waals surface area contributed by atoms with E-state index in [1.165, 1.54) is 6.33 Å². The van der Waals surface area contributed by atoms with Crippen LogP contribution in [0.3, 0.4) is 0 Å². The largest absolute Gasteiger partial charge is 0.444 e. The molecule has 26 heavy (non-hydrogen) atoms. The first-order valence-corrected chi connectivity index (χ1v) is 8.30. The highest BCUT2D eigenvalue weighted by atomic mass is 16.6. The van der Waals surface area contributed by atoms with Crippen LogP contribution in [-0.4, -0.2) is 21.7 Å². The van der Waals surface area contributed by atoms with Crippen molar-refractivity contribution >= 4 is 22.6 Å². The topological polar surface area (TPSA) is 73.3 Å². The lowest BCUT2D eigenvalue weighted by Crippen LogP contribution is -2.27. The van der Waals surface area contributed by atoms with Crippen LogP contribution in [0.4, 0.5) is 10.5 Å². The standard InChI is InChI=1S/C20H21N3O3/c1-13-11-18(22-12-21-13)25-17-10-9-16(14-7-5-6-8-15(14)17)23-19(24)26-20(2,3)4/h5-12H,1-4H3,(H,23,24). The molecule has 0 unspecified atom stereocenters. The zero-order valence-electron chi connectivity index (χ0n) is 15.2. The summed E-state index contributed by atoms with van der Waals surface area (Å²) in [6.45, 7) is 7.35. The number of fused-ring (bicyclic) bond motifs is 1. The molecule has 6 heteroatoms. The van der Waals surface area contributed by atoms with Gasteiger partial charge in [0.05, 0.1) is 5.69 Å². The van der Waals surface area contributed by atoms with Crippen LogP contribution in [0.1, 0.15) is 26.5 Å². The lowest BCUT2D eigenvalue weighted by molar-refractivity contribution is 0.0636. The molecule has 1 aromatic heterocycles. The lowest BCUT2D eigenvalue weighted by Gasteiger charge is -2.20. The summed E-state index contributed by atoms with van der Waals surface area (Å²) in [5.74, 6) is 1.11. The van der Waals surface area contributed by atoms with Gasteiger partial charge in [0.15, 0.2) is 0 Å². The summed E-state index contributed by atoms with van der Waals surface area (Å²) in [6.07, 6.45) is 0.966. The van der Waals surface area contributed by atoms with Crippen molar-refractivity contribution in [2.75, 3.05) is 5.32 Å². The Balaban J connectivity index is 1.93. The van der Waals surface area contributed by atoms with E-state index in [9.17, 15) is 4.79 Å². The van der Waals surface area contributed by atoms with E-state index in [0.717, 1.165) is 16.5 Å². The Morgan fingerprint density at radius 1 is 1.04 bits per heavy atom. The van der Waals surface area contributed by atoms with Crippen molar-refractivity contribution in [3.05, 3.63) is 54.5 Å². The van der Waals surface area contributed by atoms with E-state index >= 15 is 0 Å². The third-order valence-corrected chi connectivity index (χ3v) is 3.51. The van der Waals surface area contributed by atoms with Gasteiger partial charge in [0.2, 0.25) is 5.88 Å². The molecule has 0 aliphatic carbocycles. The van der Waals surface area contributed by atoms with Crippen molar-refractivity contribution < 1.29 is 14.3 Å². The fourth-order valence-electron chi connectivity index (χ4n) is 2.48. The van der Waals surface area contributed by atoms with Gasteiger partial charge in [-0.15, -0.1) is 0 Å². The molecular formula is C20H21N3O3. The van der Waals surface area contributed by atoms with Crippen LogP contribution >= 0.6 is 0 Å². The third kappa shape index (κ3) is 4.27. The van der Waals surface area contributed by atoms with E-state index in [2.05, 4.69) is 15.3 Å². The summed E-state index contributed by atoms with van der Waals surface area (Å²) < 4.78 is 11.2. The monoisotopic (exact) mass is 351 g/mol. The van der Waals surface area contributed by atoms with E-state index in [4.69, 9.17) is 9.47 Å². The van der Waals surface area contributed by atoms with Crippen molar-refractivity contribution in [2.24, 2.45) is 0 Å². The zero-order chi connectivity index (χ0) is 18.7. The molecule has 134 valence electrons. The number of hydrogen-bond donors (Lipinski definition) is 1. The van der Waals surface area contributed by atoms with Gasteiger partial charge in [-0.05, 0) is 39.8 Å². The van der Waals surface area contributed by atoms with Crippen molar-refractivity contribution in [2.45, 2.75) is 33.3 Å². The Morgan fingerprint density at radius 2 is 1.77 bits per heavy atom. The average Bonchev–Trinajstić information content (AvgIpc) is 2.55. The van der Waals surface area contributed by atoms with Gasteiger partial charge in [0, 0.05) is 22.5 Å². The maximum Gasteiger partial charge on any atom is 0.412 e. The molecule has 0 saturated carbocycles. The van der Waals surface area contributed by atoms with Crippen LogP contribution in [0.5, 0.6) is 11.6 Å². The maximum absolute atomic E-state index is 12.1. The van der Waals surface area contributed by atoms with Gasteiger partial charge >= 0.3 is 6.09 Å². The SMILES string of the molecule is Cc1cc(Oc2ccc(NC(=O)OC(C)(C)C)c3ccccc23)ncn1. The van der Waals surface area contributed by atoms with Crippen molar-refractivity contribution in [1.82, 2.24) is 9.97 Å². The molecule has 3 rings (SSSR count). The maximum atomic E-state index is 12.1. The number of nitrogens with one attached hydrogen (secondary N) is 1. The van der Waals surface area contributed by atoms with Gasteiger partial charge in [-0.3, -0.25) is 5.32 Å². The molecular weight excluding hydrogens is 330 g/mol. The number of carbonyl (C=O) groups is 1. The Bertz CT molecular complexity index is 948. The minimum atomic E-state index is -0.562. The predicted octanol–water partition coefficient (Wildman–Crippen LogP) is 5.08. The number of aromatic nitrogens is 2. The molecule has 0 aliphatic rings.